The third kappa shape index (κ3) is 1.75. The molecule has 1 fully saturated rings. The molecule has 2 heterocycles. The summed E-state index contributed by atoms with van der Waals surface area (Å²) in [7, 11) is 0. The van der Waals surface area contributed by atoms with Gasteiger partial charge in [-0.15, -0.1) is 0 Å². The number of rotatable bonds is 2. The van der Waals surface area contributed by atoms with Gasteiger partial charge in [0.05, 0.1) is 12.7 Å². The van der Waals surface area contributed by atoms with Gasteiger partial charge in [-0.2, -0.15) is 0 Å². The molecule has 0 aliphatic carbocycles. The topological polar surface area (TPSA) is 84.6 Å². The Bertz CT molecular complexity index is 419. The van der Waals surface area contributed by atoms with E-state index in [1.54, 1.807) is 19.2 Å². The van der Waals surface area contributed by atoms with Crippen LogP contribution in [0.25, 0.3) is 0 Å². The number of ether oxygens (including phenoxy) is 1. The second-order valence-electron chi connectivity index (χ2n) is 3.91. The summed E-state index contributed by atoms with van der Waals surface area (Å²) in [4.78, 5) is 15.1. The van der Waals surface area contributed by atoms with Crippen LogP contribution < -0.4 is 5.69 Å². The van der Waals surface area contributed by atoms with E-state index in [1.807, 2.05) is 0 Å². The van der Waals surface area contributed by atoms with Crippen LogP contribution in [0.4, 0.5) is 0 Å². The van der Waals surface area contributed by atoms with Gasteiger partial charge in [0, 0.05) is 18.3 Å². The number of hydrogen-bond donors (Lipinski definition) is 2. The molecule has 0 radical (unpaired) electrons. The quantitative estimate of drug-likeness (QED) is 0.684. The Morgan fingerprint density at radius 1 is 1.62 bits per heavy atom. The van der Waals surface area contributed by atoms with Gasteiger partial charge in [-0.1, -0.05) is 6.92 Å². The molecule has 0 aromatic carbocycles. The minimum Gasteiger partial charge on any atom is -0.394 e. The highest BCUT2D eigenvalue weighted by atomic mass is 16.5. The number of nitrogens with zero attached hydrogens (tertiary/aromatic N) is 2. The Balaban J connectivity index is 2.30. The summed E-state index contributed by atoms with van der Waals surface area (Å²) in [5.74, 6) is -0.265. The van der Waals surface area contributed by atoms with Crippen LogP contribution in [-0.2, 0) is 4.74 Å². The highest BCUT2D eigenvalue weighted by Gasteiger charge is 2.41. The Morgan fingerprint density at radius 3 is 2.94 bits per heavy atom. The Kier molecular flexibility index (Phi) is 3.04. The summed E-state index contributed by atoms with van der Waals surface area (Å²) in [5, 5.41) is 18.8. The van der Waals surface area contributed by atoms with E-state index in [0.717, 1.165) is 0 Å². The maximum atomic E-state index is 11.5. The average molecular weight is 226 g/mol. The lowest BCUT2D eigenvalue weighted by Gasteiger charge is -2.17. The molecule has 1 aromatic heterocycles. The van der Waals surface area contributed by atoms with E-state index in [4.69, 9.17) is 9.84 Å². The van der Waals surface area contributed by atoms with Crippen molar-refractivity contribution in [2.45, 2.75) is 25.4 Å². The van der Waals surface area contributed by atoms with E-state index < -0.39 is 24.1 Å². The zero-order valence-electron chi connectivity index (χ0n) is 8.85. The van der Waals surface area contributed by atoms with Crippen molar-refractivity contribution in [3.63, 3.8) is 0 Å². The zero-order chi connectivity index (χ0) is 11.7. The number of aliphatic hydroxyl groups is 2. The molecule has 16 heavy (non-hydrogen) atoms. The Morgan fingerprint density at radius 2 is 2.38 bits per heavy atom. The standard InChI is InChI=1S/C10H14N2O4/c1-6-8(14)7(5-13)16-9(6)12-4-2-3-11-10(12)15/h2-4,6-9,13-14H,5H2,1H3/t6-,7-,8?,9-/m1/s1. The lowest BCUT2D eigenvalue weighted by molar-refractivity contribution is -0.0476. The van der Waals surface area contributed by atoms with Gasteiger partial charge in [0.15, 0.2) is 0 Å². The van der Waals surface area contributed by atoms with E-state index in [0.29, 0.717) is 0 Å². The van der Waals surface area contributed by atoms with E-state index in [-0.39, 0.29) is 12.5 Å². The van der Waals surface area contributed by atoms with Crippen LogP contribution in [0.2, 0.25) is 0 Å². The van der Waals surface area contributed by atoms with E-state index >= 15 is 0 Å². The third-order valence-electron chi connectivity index (χ3n) is 2.88. The fourth-order valence-corrected chi connectivity index (χ4v) is 1.92. The monoisotopic (exact) mass is 226 g/mol. The highest BCUT2D eigenvalue weighted by molar-refractivity contribution is 4.90. The molecule has 0 spiro atoms. The van der Waals surface area contributed by atoms with E-state index in [9.17, 15) is 9.90 Å². The van der Waals surface area contributed by atoms with Gasteiger partial charge >= 0.3 is 5.69 Å². The summed E-state index contributed by atoms with van der Waals surface area (Å²) < 4.78 is 6.75. The van der Waals surface area contributed by atoms with Crippen molar-refractivity contribution in [1.29, 1.82) is 0 Å². The summed E-state index contributed by atoms with van der Waals surface area (Å²) in [6.07, 6.45) is 0.962. The minimum atomic E-state index is -0.776. The first kappa shape index (κ1) is 11.3. The van der Waals surface area contributed by atoms with Gasteiger partial charge in [0.1, 0.15) is 12.3 Å². The van der Waals surface area contributed by atoms with Crippen molar-refractivity contribution in [1.82, 2.24) is 9.55 Å². The number of aromatic nitrogens is 2. The van der Waals surface area contributed by atoms with Gasteiger partial charge in [-0.3, -0.25) is 4.57 Å². The molecular weight excluding hydrogens is 212 g/mol. The molecule has 0 saturated carbocycles. The molecular formula is C10H14N2O4. The van der Waals surface area contributed by atoms with Gasteiger partial charge in [0.2, 0.25) is 0 Å². The van der Waals surface area contributed by atoms with Crippen LogP contribution in [0.1, 0.15) is 13.2 Å². The fourth-order valence-electron chi connectivity index (χ4n) is 1.92. The van der Waals surface area contributed by atoms with Crippen molar-refractivity contribution in [2.24, 2.45) is 5.92 Å². The summed E-state index contributed by atoms with van der Waals surface area (Å²) >= 11 is 0. The van der Waals surface area contributed by atoms with E-state index in [2.05, 4.69) is 4.98 Å². The summed E-state index contributed by atoms with van der Waals surface area (Å²) in [5.41, 5.74) is -0.426. The summed E-state index contributed by atoms with van der Waals surface area (Å²) in [6.45, 7) is 1.50. The SMILES string of the molecule is C[C@@H]1C(O)[C@@H](CO)O[C@H]1n1cccnc1=O. The Hall–Kier alpha value is -1.24. The first-order valence-electron chi connectivity index (χ1n) is 5.12. The fraction of sp³-hybridized carbons (Fsp3) is 0.600. The predicted molar refractivity (Wildman–Crippen MR) is 54.7 cm³/mol. The van der Waals surface area contributed by atoms with Gasteiger partial charge < -0.3 is 14.9 Å². The molecule has 1 saturated heterocycles. The molecule has 0 bridgehead atoms. The van der Waals surface area contributed by atoms with Crippen molar-refractivity contribution >= 4 is 0 Å². The van der Waals surface area contributed by atoms with Crippen molar-refractivity contribution in [3.05, 3.63) is 28.9 Å². The third-order valence-corrected chi connectivity index (χ3v) is 2.88. The van der Waals surface area contributed by atoms with Crippen LogP contribution in [0.15, 0.2) is 23.3 Å². The normalized spacial score (nSPS) is 34.2. The molecule has 0 amide bonds. The molecule has 4 atom stereocenters. The average Bonchev–Trinajstić information content (AvgIpc) is 2.57. The lowest BCUT2D eigenvalue weighted by atomic mass is 10.0. The van der Waals surface area contributed by atoms with Crippen molar-refractivity contribution in [2.75, 3.05) is 6.61 Å². The predicted octanol–water partition coefficient (Wildman–Crippen LogP) is -0.870. The van der Waals surface area contributed by atoms with Crippen LogP contribution in [0.3, 0.4) is 0 Å². The Labute approximate surface area is 92.1 Å². The molecule has 1 aliphatic rings. The molecule has 1 aromatic rings. The van der Waals surface area contributed by atoms with Crippen LogP contribution in [0.5, 0.6) is 0 Å². The molecule has 2 N–H and O–H groups in total. The molecule has 1 unspecified atom stereocenters. The van der Waals surface area contributed by atoms with Gasteiger partial charge in [-0.25, -0.2) is 9.78 Å². The molecule has 1 aliphatic heterocycles. The minimum absolute atomic E-state index is 0.265. The van der Waals surface area contributed by atoms with E-state index in [1.165, 1.54) is 10.8 Å². The first-order valence-corrected chi connectivity index (χ1v) is 5.12. The smallest absolute Gasteiger partial charge is 0.349 e. The second kappa shape index (κ2) is 4.32. The largest absolute Gasteiger partial charge is 0.394 e. The van der Waals surface area contributed by atoms with Crippen molar-refractivity contribution < 1.29 is 14.9 Å². The molecule has 2 rings (SSSR count). The van der Waals surface area contributed by atoms with Crippen LogP contribution in [0, 0.1) is 5.92 Å². The summed E-state index contributed by atoms with van der Waals surface area (Å²) in [6, 6.07) is 1.62. The zero-order valence-corrected chi connectivity index (χ0v) is 8.85. The van der Waals surface area contributed by atoms with Gasteiger partial charge in [0.25, 0.3) is 0 Å². The molecule has 6 heteroatoms. The maximum absolute atomic E-state index is 11.5. The highest BCUT2D eigenvalue weighted by Crippen LogP contribution is 2.33. The lowest BCUT2D eigenvalue weighted by Crippen LogP contribution is -2.30. The first-order chi connectivity index (χ1) is 7.65. The number of hydrogen-bond acceptors (Lipinski definition) is 5. The van der Waals surface area contributed by atoms with Crippen LogP contribution in [-0.4, -0.2) is 38.6 Å². The molecule has 6 nitrogen and oxygen atoms in total. The molecule has 88 valence electrons. The maximum Gasteiger partial charge on any atom is 0.349 e. The second-order valence-corrected chi connectivity index (χ2v) is 3.91. The van der Waals surface area contributed by atoms with Crippen LogP contribution >= 0.6 is 0 Å². The van der Waals surface area contributed by atoms with Gasteiger partial charge in [-0.05, 0) is 6.07 Å². The number of aliphatic hydroxyl groups excluding tert-OH is 2. The van der Waals surface area contributed by atoms with Crippen molar-refractivity contribution in [3.8, 4) is 0 Å².